The van der Waals surface area contributed by atoms with Gasteiger partial charge in [-0.25, -0.2) is 4.79 Å². The van der Waals surface area contributed by atoms with E-state index in [0.29, 0.717) is 0 Å². The lowest BCUT2D eigenvalue weighted by Crippen LogP contribution is -2.73. The smallest absolute Gasteiger partial charge is 0.460 e. The first-order chi connectivity index (χ1) is 13.4. The standard InChI is InChI=1S/C13H12F15NO2/c1-2-3-4-29(6(30)31)5-7(14,15)8(16,17)9(18,19)10(20,21)11(22,23)12(24,25)13(26,27)28/h2-5H2,1H3,(H,30,31). The predicted molar refractivity (Wildman–Crippen MR) is 70.2 cm³/mol. The van der Waals surface area contributed by atoms with Gasteiger partial charge in [-0.3, -0.25) is 0 Å². The number of nitrogens with zero attached hydrogens (tertiary/aromatic N) is 1. The number of carbonyl (C=O) groups is 1. The Hall–Kier alpha value is -1.78. The second-order valence-electron chi connectivity index (χ2n) is 6.13. The van der Waals surface area contributed by atoms with E-state index in [0.717, 1.165) is 0 Å². The van der Waals surface area contributed by atoms with Gasteiger partial charge in [0.05, 0.1) is 6.54 Å². The van der Waals surface area contributed by atoms with Crippen molar-refractivity contribution in [1.82, 2.24) is 4.90 Å². The number of unbranched alkanes of at least 4 members (excludes halogenated alkanes) is 1. The normalized spacial score (nSPS) is 15.2. The van der Waals surface area contributed by atoms with Gasteiger partial charge in [0.2, 0.25) is 0 Å². The quantitative estimate of drug-likeness (QED) is 0.367. The number of carboxylic acid groups (broad SMARTS) is 1. The average molecular weight is 499 g/mol. The topological polar surface area (TPSA) is 40.5 Å². The highest BCUT2D eigenvalue weighted by Gasteiger charge is 2.93. The van der Waals surface area contributed by atoms with Crippen LogP contribution in [0.4, 0.5) is 70.7 Å². The molecule has 3 nitrogen and oxygen atoms in total. The summed E-state index contributed by atoms with van der Waals surface area (Å²) >= 11 is 0. The summed E-state index contributed by atoms with van der Waals surface area (Å²) in [6, 6.07) is 0. The third kappa shape index (κ3) is 4.56. The Labute approximate surface area is 162 Å². The zero-order valence-electron chi connectivity index (χ0n) is 14.8. The van der Waals surface area contributed by atoms with E-state index in [1.54, 1.807) is 0 Å². The van der Waals surface area contributed by atoms with E-state index >= 15 is 0 Å². The first kappa shape index (κ1) is 29.2. The molecule has 0 aliphatic carbocycles. The predicted octanol–water partition coefficient (Wildman–Crippen LogP) is 6.14. The lowest BCUT2D eigenvalue weighted by molar-refractivity contribution is -0.452. The minimum absolute atomic E-state index is 0.0126. The van der Waals surface area contributed by atoms with Gasteiger partial charge < -0.3 is 10.0 Å². The molecule has 0 rings (SSSR count). The van der Waals surface area contributed by atoms with Crippen LogP contribution >= 0.6 is 0 Å². The Morgan fingerprint density at radius 3 is 1.35 bits per heavy atom. The average Bonchev–Trinajstić information content (AvgIpc) is 2.56. The fraction of sp³-hybridized carbons (Fsp3) is 0.923. The first-order valence-corrected chi connectivity index (χ1v) is 7.68. The molecule has 186 valence electrons. The third-order valence-corrected chi connectivity index (χ3v) is 3.83. The van der Waals surface area contributed by atoms with Gasteiger partial charge in [0.25, 0.3) is 0 Å². The lowest BCUT2D eigenvalue weighted by atomic mass is 9.91. The number of alkyl halides is 15. The van der Waals surface area contributed by atoms with Crippen molar-refractivity contribution in [2.45, 2.75) is 61.5 Å². The van der Waals surface area contributed by atoms with Gasteiger partial charge in [0.1, 0.15) is 0 Å². The molecule has 0 unspecified atom stereocenters. The molecule has 31 heavy (non-hydrogen) atoms. The highest BCUT2D eigenvalue weighted by Crippen LogP contribution is 2.62. The SMILES string of the molecule is CCCCN(CC(F)(F)C(F)(F)C(F)(F)C(F)(F)C(F)(F)C(F)(F)C(F)(F)F)C(=O)O. The number of rotatable bonds is 10. The highest BCUT2D eigenvalue weighted by atomic mass is 19.4. The Morgan fingerprint density at radius 1 is 0.677 bits per heavy atom. The molecule has 0 aromatic heterocycles. The van der Waals surface area contributed by atoms with Crippen molar-refractivity contribution >= 4 is 6.09 Å². The van der Waals surface area contributed by atoms with Crippen LogP contribution in [0.5, 0.6) is 0 Å². The van der Waals surface area contributed by atoms with Crippen LogP contribution in [-0.2, 0) is 0 Å². The fourth-order valence-corrected chi connectivity index (χ4v) is 1.93. The molecule has 0 aromatic rings. The molecule has 1 amide bonds. The molecule has 0 fully saturated rings. The third-order valence-electron chi connectivity index (χ3n) is 3.83. The van der Waals surface area contributed by atoms with Crippen molar-refractivity contribution < 1.29 is 75.8 Å². The molecular formula is C13H12F15NO2. The first-order valence-electron chi connectivity index (χ1n) is 7.68. The molecular weight excluding hydrogens is 487 g/mol. The van der Waals surface area contributed by atoms with Gasteiger partial charge in [-0.2, -0.15) is 65.9 Å². The summed E-state index contributed by atoms with van der Waals surface area (Å²) in [6.07, 6.45) is -10.5. The second kappa shape index (κ2) is 8.29. The van der Waals surface area contributed by atoms with Crippen LogP contribution in [0, 0.1) is 0 Å². The van der Waals surface area contributed by atoms with E-state index in [9.17, 15) is 70.7 Å². The minimum atomic E-state index is -8.39. The van der Waals surface area contributed by atoms with E-state index in [-0.39, 0.29) is 12.8 Å². The van der Waals surface area contributed by atoms with Gasteiger partial charge >= 0.3 is 47.8 Å². The molecule has 0 aromatic carbocycles. The molecule has 0 aliphatic heterocycles. The van der Waals surface area contributed by atoms with Gasteiger partial charge in [-0.05, 0) is 6.42 Å². The van der Waals surface area contributed by atoms with E-state index in [2.05, 4.69) is 0 Å². The molecule has 18 heteroatoms. The van der Waals surface area contributed by atoms with E-state index in [4.69, 9.17) is 5.11 Å². The summed E-state index contributed by atoms with van der Waals surface area (Å²) in [5, 5.41) is 8.58. The van der Waals surface area contributed by atoms with Crippen LogP contribution in [0.2, 0.25) is 0 Å². The summed E-state index contributed by atoms with van der Waals surface area (Å²) in [5.41, 5.74) is 0. The van der Waals surface area contributed by atoms with Crippen molar-refractivity contribution in [2.75, 3.05) is 13.1 Å². The van der Waals surface area contributed by atoms with Crippen molar-refractivity contribution in [3.05, 3.63) is 0 Å². The summed E-state index contributed by atoms with van der Waals surface area (Å²) in [7, 11) is 0. The maximum Gasteiger partial charge on any atom is 0.460 e. The highest BCUT2D eigenvalue weighted by molar-refractivity contribution is 5.65. The van der Waals surface area contributed by atoms with E-state index in [1.807, 2.05) is 0 Å². The number of hydrogen-bond donors (Lipinski definition) is 1. The van der Waals surface area contributed by atoms with Crippen LogP contribution in [0.1, 0.15) is 19.8 Å². The minimum Gasteiger partial charge on any atom is -0.465 e. The molecule has 0 heterocycles. The number of hydrogen-bond acceptors (Lipinski definition) is 1. The number of halogens is 15. The van der Waals surface area contributed by atoms with Crippen molar-refractivity contribution in [2.24, 2.45) is 0 Å². The summed E-state index contributed by atoms with van der Waals surface area (Å²) in [4.78, 5) is 10.0. The molecule has 0 atom stereocenters. The Morgan fingerprint density at radius 2 is 1.03 bits per heavy atom. The van der Waals surface area contributed by atoms with E-state index in [1.165, 1.54) is 6.92 Å². The summed E-state index contributed by atoms with van der Waals surface area (Å²) in [6.45, 7) is -2.74. The van der Waals surface area contributed by atoms with Gasteiger partial charge in [-0.1, -0.05) is 13.3 Å². The van der Waals surface area contributed by atoms with Gasteiger partial charge in [0.15, 0.2) is 0 Å². The molecule has 0 radical (unpaired) electrons. The second-order valence-corrected chi connectivity index (χ2v) is 6.13. The zero-order chi connectivity index (χ0) is 25.5. The molecule has 0 saturated heterocycles. The van der Waals surface area contributed by atoms with Crippen LogP contribution in [0.3, 0.4) is 0 Å². The monoisotopic (exact) mass is 499 g/mol. The summed E-state index contributed by atoms with van der Waals surface area (Å²) < 4.78 is 195. The van der Waals surface area contributed by atoms with Gasteiger partial charge in [0, 0.05) is 6.54 Å². The zero-order valence-corrected chi connectivity index (χ0v) is 14.8. The molecule has 1 N–H and O–H groups in total. The fourth-order valence-electron chi connectivity index (χ4n) is 1.93. The van der Waals surface area contributed by atoms with Crippen molar-refractivity contribution in [1.29, 1.82) is 0 Å². The van der Waals surface area contributed by atoms with Crippen molar-refractivity contribution in [3.8, 4) is 0 Å². The van der Waals surface area contributed by atoms with Gasteiger partial charge in [-0.15, -0.1) is 0 Å². The molecule has 0 spiro atoms. The molecule has 0 aliphatic rings. The van der Waals surface area contributed by atoms with Crippen molar-refractivity contribution in [3.63, 3.8) is 0 Å². The van der Waals surface area contributed by atoms with Crippen LogP contribution in [0.25, 0.3) is 0 Å². The maximum atomic E-state index is 13.7. The maximum absolute atomic E-state index is 13.7. The van der Waals surface area contributed by atoms with Crippen LogP contribution in [-0.4, -0.2) is 70.9 Å². The Kier molecular flexibility index (Phi) is 7.81. The molecule has 0 saturated carbocycles. The summed E-state index contributed by atoms with van der Waals surface area (Å²) in [5.74, 6) is -47.3. The van der Waals surface area contributed by atoms with Crippen LogP contribution < -0.4 is 0 Å². The Bertz CT molecular complexity index is 643. The lowest BCUT2D eigenvalue weighted by Gasteiger charge is -2.42. The van der Waals surface area contributed by atoms with E-state index < -0.39 is 65.8 Å². The molecule has 0 bridgehead atoms. The number of amides is 1. The largest absolute Gasteiger partial charge is 0.465 e. The Balaban J connectivity index is 6.39. The van der Waals surface area contributed by atoms with Crippen LogP contribution in [0.15, 0.2) is 0 Å².